The number of methoxy groups -OCH3 is 2. The minimum atomic E-state index is -1.05. The molecule has 0 spiro atoms. The maximum atomic E-state index is 12.4. The Labute approximate surface area is 144 Å². The van der Waals surface area contributed by atoms with Crippen LogP contribution in [0.5, 0.6) is 11.5 Å². The lowest BCUT2D eigenvalue weighted by Crippen LogP contribution is -2.30. The average Bonchev–Trinajstić information content (AvgIpc) is 2.91. The number of hydrogen-bond acceptors (Lipinski definition) is 6. The summed E-state index contributed by atoms with van der Waals surface area (Å²) in [6.07, 6.45) is -0.298. The molecule has 1 amide bonds. The maximum absolute atomic E-state index is 12.4. The van der Waals surface area contributed by atoms with Gasteiger partial charge in [-0.05, 0) is 24.6 Å². The van der Waals surface area contributed by atoms with Crippen molar-refractivity contribution in [2.24, 2.45) is 0 Å². The first-order valence-electron chi connectivity index (χ1n) is 7.54. The summed E-state index contributed by atoms with van der Waals surface area (Å²) >= 11 is 0. The van der Waals surface area contributed by atoms with Crippen molar-refractivity contribution in [3.05, 3.63) is 41.1 Å². The first kappa shape index (κ1) is 18.3. The van der Waals surface area contributed by atoms with E-state index < -0.39 is 17.9 Å². The fraction of sp³-hybridized carbons (Fsp3) is 0.353. The molecular formula is C17H20N2O6. The molecule has 8 nitrogen and oxygen atoms in total. The van der Waals surface area contributed by atoms with Crippen LogP contribution in [0.3, 0.4) is 0 Å². The third kappa shape index (κ3) is 4.28. The van der Waals surface area contributed by atoms with E-state index in [0.29, 0.717) is 28.6 Å². The van der Waals surface area contributed by atoms with Crippen molar-refractivity contribution in [2.75, 3.05) is 14.2 Å². The molecule has 1 heterocycles. The van der Waals surface area contributed by atoms with E-state index in [-0.39, 0.29) is 12.2 Å². The standard InChI is InChI=1S/C17H20N2O6/c1-9-16(25-10(2)18-9)17(22)19-12(8-15(20)21)11-5-6-13(23-3)14(7-11)24-4/h5-7,12H,8H2,1-4H3,(H,19,22)(H,20,21). The number of nitrogens with one attached hydrogen (secondary N) is 1. The molecule has 0 aliphatic rings. The second-order valence-corrected chi connectivity index (χ2v) is 5.39. The Morgan fingerprint density at radius 3 is 2.44 bits per heavy atom. The summed E-state index contributed by atoms with van der Waals surface area (Å²) in [6.45, 7) is 3.28. The predicted molar refractivity (Wildman–Crippen MR) is 88.0 cm³/mol. The van der Waals surface area contributed by atoms with E-state index >= 15 is 0 Å². The Balaban J connectivity index is 2.31. The highest BCUT2D eigenvalue weighted by atomic mass is 16.5. The Morgan fingerprint density at radius 2 is 1.92 bits per heavy atom. The van der Waals surface area contributed by atoms with E-state index in [0.717, 1.165) is 0 Å². The van der Waals surface area contributed by atoms with Gasteiger partial charge in [0.05, 0.1) is 32.4 Å². The number of amides is 1. The Kier molecular flexibility index (Phi) is 5.63. The van der Waals surface area contributed by atoms with E-state index in [9.17, 15) is 14.7 Å². The van der Waals surface area contributed by atoms with E-state index in [4.69, 9.17) is 13.9 Å². The number of aryl methyl sites for hydroxylation is 2. The van der Waals surface area contributed by atoms with Crippen LogP contribution in [0.1, 0.15) is 40.2 Å². The molecular weight excluding hydrogens is 328 g/mol. The molecule has 0 bridgehead atoms. The number of ether oxygens (including phenoxy) is 2. The van der Waals surface area contributed by atoms with Crippen molar-refractivity contribution >= 4 is 11.9 Å². The highest BCUT2D eigenvalue weighted by Crippen LogP contribution is 2.31. The van der Waals surface area contributed by atoms with Gasteiger partial charge < -0.3 is 24.3 Å². The van der Waals surface area contributed by atoms with Gasteiger partial charge >= 0.3 is 5.97 Å². The van der Waals surface area contributed by atoms with Crippen LogP contribution in [0.2, 0.25) is 0 Å². The van der Waals surface area contributed by atoms with E-state index in [1.54, 1.807) is 32.0 Å². The second kappa shape index (κ2) is 7.69. The quantitative estimate of drug-likeness (QED) is 0.789. The van der Waals surface area contributed by atoms with Crippen molar-refractivity contribution in [3.8, 4) is 11.5 Å². The third-order valence-corrected chi connectivity index (χ3v) is 3.60. The minimum Gasteiger partial charge on any atom is -0.493 e. The van der Waals surface area contributed by atoms with Gasteiger partial charge in [-0.2, -0.15) is 0 Å². The van der Waals surface area contributed by atoms with Gasteiger partial charge in [0.15, 0.2) is 17.4 Å². The molecule has 0 saturated heterocycles. The lowest BCUT2D eigenvalue weighted by Gasteiger charge is -2.18. The summed E-state index contributed by atoms with van der Waals surface area (Å²) in [5.41, 5.74) is 1.01. The third-order valence-electron chi connectivity index (χ3n) is 3.60. The van der Waals surface area contributed by atoms with Crippen LogP contribution < -0.4 is 14.8 Å². The Hall–Kier alpha value is -3.03. The summed E-state index contributed by atoms with van der Waals surface area (Å²) in [4.78, 5) is 27.7. The van der Waals surface area contributed by atoms with Crippen molar-refractivity contribution in [2.45, 2.75) is 26.3 Å². The largest absolute Gasteiger partial charge is 0.493 e. The van der Waals surface area contributed by atoms with Crippen LogP contribution in [0.15, 0.2) is 22.6 Å². The minimum absolute atomic E-state index is 0.0633. The lowest BCUT2D eigenvalue weighted by molar-refractivity contribution is -0.137. The first-order chi connectivity index (χ1) is 11.8. The van der Waals surface area contributed by atoms with Gasteiger partial charge in [-0.3, -0.25) is 9.59 Å². The van der Waals surface area contributed by atoms with Gasteiger partial charge in [-0.1, -0.05) is 6.07 Å². The molecule has 2 aromatic rings. The monoisotopic (exact) mass is 348 g/mol. The zero-order valence-corrected chi connectivity index (χ0v) is 14.5. The molecule has 0 saturated carbocycles. The molecule has 25 heavy (non-hydrogen) atoms. The number of nitrogens with zero attached hydrogens (tertiary/aromatic N) is 1. The van der Waals surface area contributed by atoms with Crippen molar-refractivity contribution in [1.29, 1.82) is 0 Å². The molecule has 0 aliphatic carbocycles. The summed E-state index contributed by atoms with van der Waals surface area (Å²) in [5.74, 6) is -0.203. The van der Waals surface area contributed by atoms with E-state index in [1.165, 1.54) is 14.2 Å². The number of carbonyl (C=O) groups excluding carboxylic acids is 1. The number of carboxylic acid groups (broad SMARTS) is 1. The molecule has 2 rings (SSSR count). The molecule has 1 aromatic heterocycles. The molecule has 2 N–H and O–H groups in total. The average molecular weight is 348 g/mol. The number of aliphatic carboxylic acids is 1. The summed E-state index contributed by atoms with van der Waals surface area (Å²) in [5, 5.41) is 11.8. The van der Waals surface area contributed by atoms with E-state index in [2.05, 4.69) is 10.3 Å². The smallest absolute Gasteiger partial charge is 0.305 e. The van der Waals surface area contributed by atoms with Gasteiger partial charge in [0.25, 0.3) is 5.91 Å². The maximum Gasteiger partial charge on any atom is 0.305 e. The first-order valence-corrected chi connectivity index (χ1v) is 7.54. The number of carboxylic acids is 1. The number of rotatable bonds is 7. The molecule has 134 valence electrons. The Morgan fingerprint density at radius 1 is 1.24 bits per heavy atom. The molecule has 1 aromatic carbocycles. The normalized spacial score (nSPS) is 11.7. The second-order valence-electron chi connectivity index (χ2n) is 5.39. The van der Waals surface area contributed by atoms with E-state index in [1.807, 2.05) is 0 Å². The highest BCUT2D eigenvalue weighted by Gasteiger charge is 2.23. The Bertz CT molecular complexity index is 783. The number of hydrogen-bond donors (Lipinski definition) is 2. The number of carbonyl (C=O) groups is 2. The van der Waals surface area contributed by atoms with Crippen LogP contribution >= 0.6 is 0 Å². The highest BCUT2D eigenvalue weighted by molar-refractivity contribution is 5.93. The van der Waals surface area contributed by atoms with Crippen LogP contribution in [0.25, 0.3) is 0 Å². The molecule has 1 unspecified atom stereocenters. The van der Waals surface area contributed by atoms with Crippen molar-refractivity contribution in [1.82, 2.24) is 10.3 Å². The molecule has 1 atom stereocenters. The molecule has 0 aliphatic heterocycles. The number of aromatic nitrogens is 1. The van der Waals surface area contributed by atoms with Crippen LogP contribution in [0.4, 0.5) is 0 Å². The lowest BCUT2D eigenvalue weighted by atomic mass is 10.0. The summed E-state index contributed by atoms with van der Waals surface area (Å²) in [7, 11) is 2.98. The van der Waals surface area contributed by atoms with Crippen LogP contribution in [-0.4, -0.2) is 36.2 Å². The number of benzene rings is 1. The predicted octanol–water partition coefficient (Wildman–Crippen LogP) is 2.25. The zero-order chi connectivity index (χ0) is 18.6. The topological polar surface area (TPSA) is 111 Å². The van der Waals surface area contributed by atoms with Crippen molar-refractivity contribution < 1.29 is 28.6 Å². The fourth-order valence-corrected chi connectivity index (χ4v) is 2.46. The van der Waals surface area contributed by atoms with Gasteiger partial charge in [-0.15, -0.1) is 0 Å². The van der Waals surface area contributed by atoms with Gasteiger partial charge in [0.1, 0.15) is 0 Å². The number of oxazole rings is 1. The van der Waals surface area contributed by atoms with Crippen LogP contribution in [0, 0.1) is 13.8 Å². The van der Waals surface area contributed by atoms with Gasteiger partial charge in [0.2, 0.25) is 5.76 Å². The molecule has 0 fully saturated rings. The zero-order valence-electron chi connectivity index (χ0n) is 14.5. The van der Waals surface area contributed by atoms with Crippen LogP contribution in [-0.2, 0) is 4.79 Å². The van der Waals surface area contributed by atoms with Gasteiger partial charge in [0, 0.05) is 6.92 Å². The molecule has 0 radical (unpaired) electrons. The SMILES string of the molecule is COc1ccc(C(CC(=O)O)NC(=O)c2oc(C)nc2C)cc1OC. The summed E-state index contributed by atoms with van der Waals surface area (Å²) < 4.78 is 15.7. The van der Waals surface area contributed by atoms with Gasteiger partial charge in [-0.25, -0.2) is 4.98 Å². The van der Waals surface area contributed by atoms with Crippen molar-refractivity contribution in [3.63, 3.8) is 0 Å². The molecule has 8 heteroatoms. The fourth-order valence-electron chi connectivity index (χ4n) is 2.46. The summed E-state index contributed by atoms with van der Waals surface area (Å²) in [6, 6.07) is 4.19.